The van der Waals surface area contributed by atoms with E-state index in [-0.39, 0.29) is 16.5 Å². The number of nitro benzene ring substituents is 1. The van der Waals surface area contributed by atoms with Gasteiger partial charge in [0.25, 0.3) is 5.69 Å². The van der Waals surface area contributed by atoms with Gasteiger partial charge in [0, 0.05) is 57.4 Å². The van der Waals surface area contributed by atoms with Crippen LogP contribution in [0.2, 0.25) is 0 Å². The molecule has 142 valence electrons. The third kappa shape index (κ3) is 4.80. The normalized spacial score (nSPS) is 22.3. The molecule has 2 saturated heterocycles. The summed E-state index contributed by atoms with van der Waals surface area (Å²) in [5.74, 6) is 0.254. The summed E-state index contributed by atoms with van der Waals surface area (Å²) < 4.78 is 0. The highest BCUT2D eigenvalue weighted by Crippen LogP contribution is 2.18. The number of amides is 1. The van der Waals surface area contributed by atoms with Gasteiger partial charge in [-0.3, -0.25) is 24.7 Å². The Kier molecular flexibility index (Phi) is 6.21. The van der Waals surface area contributed by atoms with Gasteiger partial charge in [0.15, 0.2) is 0 Å². The van der Waals surface area contributed by atoms with Gasteiger partial charge in [0.2, 0.25) is 5.91 Å². The lowest BCUT2D eigenvalue weighted by atomic mass is 10.0. The molecule has 0 N–H and O–H groups in total. The highest BCUT2D eigenvalue weighted by molar-refractivity contribution is 5.78. The van der Waals surface area contributed by atoms with Crippen molar-refractivity contribution >= 4 is 11.6 Å². The maximum absolute atomic E-state index is 12.6. The number of rotatable bonds is 5. The smallest absolute Gasteiger partial charge is 0.269 e. The molecule has 1 atom stereocenters. The molecule has 0 unspecified atom stereocenters. The molecule has 26 heavy (non-hydrogen) atoms. The summed E-state index contributed by atoms with van der Waals surface area (Å²) in [5, 5.41) is 10.9. The third-order valence-electron chi connectivity index (χ3n) is 5.47. The fourth-order valence-electron chi connectivity index (χ4n) is 3.88. The molecule has 7 heteroatoms. The van der Waals surface area contributed by atoms with Crippen molar-refractivity contribution in [1.82, 2.24) is 14.7 Å². The summed E-state index contributed by atoms with van der Waals surface area (Å²) in [6.07, 6.45) is 3.46. The van der Waals surface area contributed by atoms with Crippen molar-refractivity contribution in [3.8, 4) is 0 Å². The molecule has 0 radical (unpaired) electrons. The van der Waals surface area contributed by atoms with Crippen molar-refractivity contribution in [1.29, 1.82) is 0 Å². The van der Waals surface area contributed by atoms with Crippen LogP contribution < -0.4 is 0 Å². The van der Waals surface area contributed by atoms with Crippen molar-refractivity contribution in [2.75, 3.05) is 39.3 Å². The van der Waals surface area contributed by atoms with E-state index in [9.17, 15) is 14.9 Å². The first kappa shape index (κ1) is 18.8. The number of non-ortho nitro benzene ring substituents is 1. The summed E-state index contributed by atoms with van der Waals surface area (Å²) in [7, 11) is 0. The molecule has 1 amide bonds. The van der Waals surface area contributed by atoms with Gasteiger partial charge < -0.3 is 4.90 Å². The van der Waals surface area contributed by atoms with Gasteiger partial charge in [-0.15, -0.1) is 0 Å². The number of nitro groups is 1. The number of piperidine rings is 1. The van der Waals surface area contributed by atoms with Crippen LogP contribution in [0.5, 0.6) is 0 Å². The van der Waals surface area contributed by atoms with Crippen LogP contribution in [0.15, 0.2) is 24.3 Å². The topological polar surface area (TPSA) is 69.9 Å². The van der Waals surface area contributed by atoms with Gasteiger partial charge in [-0.1, -0.05) is 12.1 Å². The molecule has 0 aliphatic carbocycles. The SMILES string of the molecule is C[C@@H]1CCCCN1C(=O)CN1CCN(Cc2cccc([N+](=O)[O-])c2)CC1. The summed E-state index contributed by atoms with van der Waals surface area (Å²) in [6.45, 7) is 7.76. The molecule has 2 aliphatic rings. The number of benzene rings is 1. The van der Waals surface area contributed by atoms with Gasteiger partial charge in [0.1, 0.15) is 0 Å². The van der Waals surface area contributed by atoms with Crippen molar-refractivity contribution < 1.29 is 9.72 Å². The molecular weight excluding hydrogens is 332 g/mol. The fraction of sp³-hybridized carbons (Fsp3) is 0.632. The first-order valence-electron chi connectivity index (χ1n) is 9.50. The zero-order valence-electron chi connectivity index (χ0n) is 15.5. The predicted molar refractivity (Wildman–Crippen MR) is 99.8 cm³/mol. The van der Waals surface area contributed by atoms with E-state index < -0.39 is 0 Å². The number of carbonyl (C=O) groups excluding carboxylic acids is 1. The molecule has 0 saturated carbocycles. The second-order valence-electron chi connectivity index (χ2n) is 7.41. The highest BCUT2D eigenvalue weighted by atomic mass is 16.6. The lowest BCUT2D eigenvalue weighted by Gasteiger charge is -2.38. The molecule has 2 aliphatic heterocycles. The standard InChI is InChI=1S/C19H28N4O3/c1-16-5-2-3-8-22(16)19(24)15-21-11-9-20(10-12-21)14-17-6-4-7-18(13-17)23(25)26/h4,6-7,13,16H,2-3,5,8-12,14-15H2,1H3/t16-/m1/s1. The molecule has 0 aromatic heterocycles. The molecule has 0 spiro atoms. The van der Waals surface area contributed by atoms with Crippen LogP contribution in [-0.4, -0.2) is 70.8 Å². The number of piperazine rings is 1. The number of hydrogen-bond acceptors (Lipinski definition) is 5. The average Bonchev–Trinajstić information content (AvgIpc) is 2.64. The Hall–Kier alpha value is -1.99. The molecule has 7 nitrogen and oxygen atoms in total. The van der Waals surface area contributed by atoms with E-state index in [1.807, 2.05) is 11.0 Å². The maximum atomic E-state index is 12.6. The number of nitrogens with zero attached hydrogens (tertiary/aromatic N) is 4. The fourth-order valence-corrected chi connectivity index (χ4v) is 3.88. The van der Waals surface area contributed by atoms with Crippen LogP contribution >= 0.6 is 0 Å². The number of likely N-dealkylation sites (tertiary alicyclic amines) is 1. The van der Waals surface area contributed by atoms with Crippen molar-refractivity contribution in [3.05, 3.63) is 39.9 Å². The summed E-state index contributed by atoms with van der Waals surface area (Å²) in [4.78, 5) is 29.7. The predicted octanol–water partition coefficient (Wildman–Crippen LogP) is 2.11. The highest BCUT2D eigenvalue weighted by Gasteiger charge is 2.26. The average molecular weight is 360 g/mol. The summed E-state index contributed by atoms with van der Waals surface area (Å²) in [6, 6.07) is 7.21. The maximum Gasteiger partial charge on any atom is 0.269 e. The quantitative estimate of drug-likeness (QED) is 0.594. The Labute approximate surface area is 154 Å². The van der Waals surface area contributed by atoms with Gasteiger partial charge in [-0.05, 0) is 31.7 Å². The lowest BCUT2D eigenvalue weighted by molar-refractivity contribution is -0.384. The Bertz CT molecular complexity index is 643. The molecule has 2 heterocycles. The third-order valence-corrected chi connectivity index (χ3v) is 5.47. The molecule has 3 rings (SSSR count). The van der Waals surface area contributed by atoms with Crippen molar-refractivity contribution in [3.63, 3.8) is 0 Å². The van der Waals surface area contributed by atoms with E-state index in [4.69, 9.17) is 0 Å². The minimum absolute atomic E-state index is 0.141. The molecule has 1 aromatic rings. The second-order valence-corrected chi connectivity index (χ2v) is 7.41. The first-order chi connectivity index (χ1) is 12.5. The largest absolute Gasteiger partial charge is 0.339 e. The molecule has 0 bridgehead atoms. The van der Waals surface area contributed by atoms with Crippen molar-refractivity contribution in [2.24, 2.45) is 0 Å². The Morgan fingerprint density at radius 2 is 1.88 bits per heavy atom. The Morgan fingerprint density at radius 1 is 1.15 bits per heavy atom. The minimum Gasteiger partial charge on any atom is -0.339 e. The minimum atomic E-state index is -0.353. The van der Waals surface area contributed by atoms with Crippen LogP contribution in [0.1, 0.15) is 31.7 Å². The molecule has 2 fully saturated rings. The Morgan fingerprint density at radius 3 is 2.58 bits per heavy atom. The van der Waals surface area contributed by atoms with Crippen LogP contribution in [0, 0.1) is 10.1 Å². The molecular formula is C19H28N4O3. The first-order valence-corrected chi connectivity index (χ1v) is 9.50. The van der Waals surface area contributed by atoms with E-state index in [1.165, 1.54) is 12.5 Å². The van der Waals surface area contributed by atoms with Crippen LogP contribution in [0.3, 0.4) is 0 Å². The summed E-state index contributed by atoms with van der Waals surface area (Å²) in [5.41, 5.74) is 1.10. The zero-order chi connectivity index (χ0) is 18.5. The van der Waals surface area contributed by atoms with Gasteiger partial charge >= 0.3 is 0 Å². The van der Waals surface area contributed by atoms with Gasteiger partial charge in [0.05, 0.1) is 11.5 Å². The molecule has 1 aromatic carbocycles. The summed E-state index contributed by atoms with van der Waals surface area (Å²) >= 11 is 0. The van der Waals surface area contributed by atoms with Gasteiger partial charge in [-0.2, -0.15) is 0 Å². The number of hydrogen-bond donors (Lipinski definition) is 0. The Balaban J connectivity index is 1.46. The van der Waals surface area contributed by atoms with E-state index in [0.29, 0.717) is 19.1 Å². The van der Waals surface area contributed by atoms with E-state index in [2.05, 4.69) is 16.7 Å². The van der Waals surface area contributed by atoms with Crippen LogP contribution in [0.4, 0.5) is 5.69 Å². The van der Waals surface area contributed by atoms with E-state index in [1.54, 1.807) is 12.1 Å². The van der Waals surface area contributed by atoms with E-state index >= 15 is 0 Å². The van der Waals surface area contributed by atoms with Crippen LogP contribution in [-0.2, 0) is 11.3 Å². The van der Waals surface area contributed by atoms with Crippen LogP contribution in [0.25, 0.3) is 0 Å². The zero-order valence-corrected chi connectivity index (χ0v) is 15.5. The lowest BCUT2D eigenvalue weighted by Crippen LogP contribution is -2.51. The van der Waals surface area contributed by atoms with Gasteiger partial charge in [-0.25, -0.2) is 0 Å². The van der Waals surface area contributed by atoms with Crippen molar-refractivity contribution in [2.45, 2.75) is 38.8 Å². The van der Waals surface area contributed by atoms with E-state index in [0.717, 1.165) is 51.1 Å². The second kappa shape index (κ2) is 8.60. The number of carbonyl (C=O) groups is 1. The monoisotopic (exact) mass is 360 g/mol.